The summed E-state index contributed by atoms with van der Waals surface area (Å²) in [5, 5.41) is 0. The number of likely N-dealkylation sites (tertiary alicyclic amines) is 1. The highest BCUT2D eigenvalue weighted by Crippen LogP contribution is 2.31. The van der Waals surface area contributed by atoms with Crippen LogP contribution in [0, 0.1) is 12.8 Å². The summed E-state index contributed by atoms with van der Waals surface area (Å²) in [6.07, 6.45) is 9.88. The van der Waals surface area contributed by atoms with Crippen LogP contribution in [-0.2, 0) is 16.1 Å². The summed E-state index contributed by atoms with van der Waals surface area (Å²) < 4.78 is 5.60. The Bertz CT molecular complexity index is 584. The highest BCUT2D eigenvalue weighted by molar-refractivity contribution is 5.79. The number of rotatable bonds is 5. The van der Waals surface area contributed by atoms with Crippen LogP contribution in [-0.4, -0.2) is 40.5 Å². The molecule has 25 heavy (non-hydrogen) atoms. The van der Waals surface area contributed by atoms with Crippen LogP contribution in [0.5, 0.6) is 0 Å². The third-order valence-corrected chi connectivity index (χ3v) is 5.55. The number of ether oxygens (including phenoxy) is 1. The van der Waals surface area contributed by atoms with Crippen molar-refractivity contribution in [3.63, 3.8) is 0 Å². The van der Waals surface area contributed by atoms with Gasteiger partial charge < -0.3 is 9.64 Å². The van der Waals surface area contributed by atoms with Crippen molar-refractivity contribution in [2.75, 3.05) is 19.7 Å². The quantitative estimate of drug-likeness (QED) is 0.818. The molecule has 0 spiro atoms. The molecule has 1 amide bonds. The van der Waals surface area contributed by atoms with Crippen LogP contribution < -0.4 is 0 Å². The number of carbonyl (C=O) groups is 1. The predicted octanol–water partition coefficient (Wildman–Crippen LogP) is 3.61. The van der Waals surface area contributed by atoms with E-state index in [0.29, 0.717) is 25.0 Å². The molecule has 1 aromatic rings. The maximum absolute atomic E-state index is 12.9. The van der Waals surface area contributed by atoms with Gasteiger partial charge in [0, 0.05) is 43.3 Å². The van der Waals surface area contributed by atoms with Gasteiger partial charge in [0.25, 0.3) is 0 Å². The summed E-state index contributed by atoms with van der Waals surface area (Å²) in [6, 6.07) is 0. The first-order valence-electron chi connectivity index (χ1n) is 9.88. The lowest BCUT2D eigenvalue weighted by Crippen LogP contribution is -2.43. The Kier molecular flexibility index (Phi) is 6.40. The normalized spacial score (nSPS) is 22.2. The lowest BCUT2D eigenvalue weighted by molar-refractivity contribution is -0.137. The molecule has 0 bridgehead atoms. The van der Waals surface area contributed by atoms with E-state index in [1.807, 2.05) is 20.0 Å². The second kappa shape index (κ2) is 8.75. The predicted molar refractivity (Wildman–Crippen MR) is 97.2 cm³/mol. The van der Waals surface area contributed by atoms with E-state index in [2.05, 4.69) is 9.88 Å². The Morgan fingerprint density at radius 1 is 1.24 bits per heavy atom. The summed E-state index contributed by atoms with van der Waals surface area (Å²) >= 11 is 0. The third kappa shape index (κ3) is 4.57. The molecule has 5 heteroatoms. The Labute approximate surface area is 151 Å². The molecular formula is C20H31N3O2. The second-order valence-corrected chi connectivity index (χ2v) is 7.42. The standard InChI is InChI=1S/C20H31N3O2/c1-3-25-14-18-12-21-15(2)22-19(18)17-10-7-11-23(13-17)20(24)16-8-5-4-6-9-16/h12,16-17H,3-11,13-14H2,1-2H3. The van der Waals surface area contributed by atoms with E-state index < -0.39 is 0 Å². The van der Waals surface area contributed by atoms with Crippen LogP contribution in [0.15, 0.2) is 6.20 Å². The molecule has 1 aromatic heterocycles. The first-order valence-corrected chi connectivity index (χ1v) is 9.88. The number of amides is 1. The van der Waals surface area contributed by atoms with Crippen molar-refractivity contribution in [3.8, 4) is 0 Å². The van der Waals surface area contributed by atoms with Gasteiger partial charge in [-0.3, -0.25) is 4.79 Å². The SMILES string of the molecule is CCOCc1cnc(C)nc1C1CCCN(C(=O)C2CCCCC2)C1. The minimum absolute atomic E-state index is 0.252. The zero-order chi connectivity index (χ0) is 17.6. The van der Waals surface area contributed by atoms with E-state index in [1.165, 1.54) is 19.3 Å². The Balaban J connectivity index is 1.72. The largest absolute Gasteiger partial charge is 0.377 e. The number of aryl methyl sites for hydroxylation is 1. The van der Waals surface area contributed by atoms with E-state index in [-0.39, 0.29) is 5.92 Å². The molecule has 0 N–H and O–H groups in total. The summed E-state index contributed by atoms with van der Waals surface area (Å²) in [7, 11) is 0. The Hall–Kier alpha value is -1.49. The fourth-order valence-electron chi connectivity index (χ4n) is 4.20. The molecule has 2 aliphatic rings. The summed E-state index contributed by atoms with van der Waals surface area (Å²) in [5.41, 5.74) is 2.16. The lowest BCUT2D eigenvalue weighted by atomic mass is 9.86. The number of hydrogen-bond donors (Lipinski definition) is 0. The van der Waals surface area contributed by atoms with Gasteiger partial charge in [0.05, 0.1) is 12.3 Å². The number of hydrogen-bond acceptors (Lipinski definition) is 4. The first kappa shape index (κ1) is 18.3. The van der Waals surface area contributed by atoms with E-state index >= 15 is 0 Å². The molecule has 1 unspecified atom stereocenters. The molecule has 138 valence electrons. The highest BCUT2D eigenvalue weighted by Gasteiger charge is 2.31. The van der Waals surface area contributed by atoms with Crippen LogP contribution in [0.4, 0.5) is 0 Å². The van der Waals surface area contributed by atoms with Crippen molar-refractivity contribution in [1.82, 2.24) is 14.9 Å². The van der Waals surface area contributed by atoms with Crippen LogP contribution in [0.1, 0.15) is 74.9 Å². The first-order chi connectivity index (χ1) is 12.2. The average molecular weight is 345 g/mol. The number of aromatic nitrogens is 2. The Morgan fingerprint density at radius 2 is 2.04 bits per heavy atom. The minimum Gasteiger partial charge on any atom is -0.377 e. The van der Waals surface area contributed by atoms with Gasteiger partial charge in [-0.15, -0.1) is 0 Å². The monoisotopic (exact) mass is 345 g/mol. The molecule has 0 aromatic carbocycles. The van der Waals surface area contributed by atoms with Gasteiger partial charge in [-0.05, 0) is 39.5 Å². The van der Waals surface area contributed by atoms with Crippen LogP contribution in [0.2, 0.25) is 0 Å². The molecular weight excluding hydrogens is 314 g/mol. The van der Waals surface area contributed by atoms with E-state index in [1.54, 1.807) is 0 Å². The van der Waals surface area contributed by atoms with Crippen LogP contribution in [0.3, 0.4) is 0 Å². The molecule has 2 fully saturated rings. The zero-order valence-corrected chi connectivity index (χ0v) is 15.7. The molecule has 1 atom stereocenters. The van der Waals surface area contributed by atoms with Crippen molar-refractivity contribution in [3.05, 3.63) is 23.3 Å². The van der Waals surface area contributed by atoms with Gasteiger partial charge >= 0.3 is 0 Å². The molecule has 0 radical (unpaired) electrons. The summed E-state index contributed by atoms with van der Waals surface area (Å²) in [4.78, 5) is 24.1. The van der Waals surface area contributed by atoms with E-state index in [4.69, 9.17) is 9.72 Å². The van der Waals surface area contributed by atoms with E-state index in [9.17, 15) is 4.79 Å². The molecule has 1 saturated carbocycles. The molecule has 1 aliphatic heterocycles. The number of nitrogens with zero attached hydrogens (tertiary/aromatic N) is 3. The van der Waals surface area contributed by atoms with Crippen molar-refractivity contribution >= 4 is 5.91 Å². The molecule has 5 nitrogen and oxygen atoms in total. The highest BCUT2D eigenvalue weighted by atomic mass is 16.5. The molecule has 3 rings (SSSR count). The van der Waals surface area contributed by atoms with Gasteiger partial charge in [0.2, 0.25) is 5.91 Å². The topological polar surface area (TPSA) is 55.3 Å². The smallest absolute Gasteiger partial charge is 0.225 e. The van der Waals surface area contributed by atoms with Crippen molar-refractivity contribution < 1.29 is 9.53 Å². The van der Waals surface area contributed by atoms with Gasteiger partial charge in [-0.2, -0.15) is 0 Å². The molecule has 2 heterocycles. The Morgan fingerprint density at radius 3 is 2.80 bits per heavy atom. The molecule has 1 aliphatic carbocycles. The van der Waals surface area contributed by atoms with Gasteiger partial charge in [-0.25, -0.2) is 9.97 Å². The van der Waals surface area contributed by atoms with Crippen LogP contribution >= 0.6 is 0 Å². The number of piperidine rings is 1. The third-order valence-electron chi connectivity index (χ3n) is 5.55. The number of carbonyl (C=O) groups excluding carboxylic acids is 1. The van der Waals surface area contributed by atoms with Crippen molar-refractivity contribution in [2.45, 2.75) is 71.3 Å². The fourth-order valence-corrected chi connectivity index (χ4v) is 4.20. The van der Waals surface area contributed by atoms with Crippen molar-refractivity contribution in [2.24, 2.45) is 5.92 Å². The maximum atomic E-state index is 12.9. The second-order valence-electron chi connectivity index (χ2n) is 7.42. The lowest BCUT2D eigenvalue weighted by Gasteiger charge is -2.36. The van der Waals surface area contributed by atoms with E-state index in [0.717, 1.165) is 55.9 Å². The van der Waals surface area contributed by atoms with Crippen LogP contribution in [0.25, 0.3) is 0 Å². The van der Waals surface area contributed by atoms with Crippen molar-refractivity contribution in [1.29, 1.82) is 0 Å². The fraction of sp³-hybridized carbons (Fsp3) is 0.750. The molecule has 1 saturated heterocycles. The summed E-state index contributed by atoms with van der Waals surface area (Å²) in [5.74, 6) is 1.73. The zero-order valence-electron chi connectivity index (χ0n) is 15.7. The van der Waals surface area contributed by atoms with Gasteiger partial charge in [-0.1, -0.05) is 19.3 Å². The maximum Gasteiger partial charge on any atom is 0.225 e. The average Bonchev–Trinajstić information content (AvgIpc) is 2.67. The van der Waals surface area contributed by atoms with Gasteiger partial charge in [0.15, 0.2) is 0 Å². The summed E-state index contributed by atoms with van der Waals surface area (Å²) in [6.45, 7) is 6.87. The minimum atomic E-state index is 0.252. The van der Waals surface area contributed by atoms with Gasteiger partial charge in [0.1, 0.15) is 5.82 Å².